The molecule has 2 aromatic rings. The number of hydrogen-bond donors (Lipinski definition) is 0. The Bertz CT molecular complexity index is 769. The van der Waals surface area contributed by atoms with E-state index in [1.165, 1.54) is 0 Å². The fraction of sp³-hybridized carbons (Fsp3) is 0.588. The molecule has 0 N–H and O–H groups in total. The maximum atomic E-state index is 6.29. The summed E-state index contributed by atoms with van der Waals surface area (Å²) in [7, 11) is -1.78. The lowest BCUT2D eigenvalue weighted by molar-refractivity contribution is 0.0504. The molecule has 0 saturated carbocycles. The van der Waals surface area contributed by atoms with Crippen molar-refractivity contribution in [1.29, 1.82) is 0 Å². The van der Waals surface area contributed by atoms with Crippen LogP contribution in [0.5, 0.6) is 11.5 Å². The summed E-state index contributed by atoms with van der Waals surface area (Å²) < 4.78 is 20.4. The molecule has 1 unspecified atom stereocenters. The molecule has 24 heavy (non-hydrogen) atoms. The minimum Gasteiger partial charge on any atom is -0.484 e. The first-order valence-corrected chi connectivity index (χ1v) is 12.6. The molecular weight excluding hydrogens is 406 g/mol. The maximum absolute atomic E-state index is 6.29. The number of thiazole rings is 1. The van der Waals surface area contributed by atoms with Crippen LogP contribution in [0.15, 0.2) is 9.98 Å². The molecule has 1 aromatic carbocycles. The van der Waals surface area contributed by atoms with Crippen LogP contribution in [0.2, 0.25) is 18.1 Å². The lowest BCUT2D eigenvalue weighted by atomic mass is 10.2. The fourth-order valence-electron chi connectivity index (χ4n) is 2.37. The highest BCUT2D eigenvalue weighted by molar-refractivity contribution is 9.11. The first kappa shape index (κ1) is 18.2. The molecule has 1 aliphatic rings. The van der Waals surface area contributed by atoms with E-state index in [4.69, 9.17) is 13.9 Å². The van der Waals surface area contributed by atoms with Gasteiger partial charge in [0.2, 0.25) is 0 Å². The number of halogens is 1. The predicted octanol–water partition coefficient (Wildman–Crippen LogP) is 5.53. The molecule has 1 aromatic heterocycles. The lowest BCUT2D eigenvalue weighted by Gasteiger charge is -2.37. The fourth-order valence-corrected chi connectivity index (χ4v) is 4.93. The normalized spacial score (nSPS) is 18.2. The number of aryl methyl sites for hydroxylation is 1. The van der Waals surface area contributed by atoms with Crippen LogP contribution in [0, 0.1) is 6.92 Å². The smallest absolute Gasteiger partial charge is 0.192 e. The number of benzene rings is 1. The molecule has 0 amide bonds. The quantitative estimate of drug-likeness (QED) is 0.601. The van der Waals surface area contributed by atoms with Crippen LogP contribution in [0.4, 0.5) is 0 Å². The molecule has 0 fully saturated rings. The van der Waals surface area contributed by atoms with Gasteiger partial charge in [-0.2, -0.15) is 0 Å². The number of hydrogen-bond acceptors (Lipinski definition) is 5. The summed E-state index contributed by atoms with van der Waals surface area (Å²) in [5.74, 6) is 1.61. The average molecular weight is 430 g/mol. The maximum Gasteiger partial charge on any atom is 0.192 e. The van der Waals surface area contributed by atoms with E-state index in [0.717, 1.165) is 31.2 Å². The van der Waals surface area contributed by atoms with Gasteiger partial charge >= 0.3 is 0 Å². The number of ether oxygens (including phenoxy) is 2. The largest absolute Gasteiger partial charge is 0.484 e. The van der Waals surface area contributed by atoms with Gasteiger partial charge in [-0.3, -0.25) is 0 Å². The van der Waals surface area contributed by atoms with Crippen molar-refractivity contribution in [2.24, 2.45) is 0 Å². The lowest BCUT2D eigenvalue weighted by Crippen LogP contribution is -2.45. The third-order valence-electron chi connectivity index (χ3n) is 4.90. The summed E-state index contributed by atoms with van der Waals surface area (Å²) in [5.41, 5.74) is 2.07. The number of rotatable bonds is 3. The van der Waals surface area contributed by atoms with Crippen molar-refractivity contribution in [3.8, 4) is 11.5 Å². The Labute approximate surface area is 156 Å². The van der Waals surface area contributed by atoms with E-state index in [2.05, 4.69) is 54.8 Å². The van der Waals surface area contributed by atoms with Crippen LogP contribution in [0.1, 0.15) is 26.3 Å². The van der Waals surface area contributed by atoms with Gasteiger partial charge in [0, 0.05) is 0 Å². The Hall–Kier alpha value is -0.633. The van der Waals surface area contributed by atoms with E-state index < -0.39 is 8.32 Å². The second-order valence-electron chi connectivity index (χ2n) is 7.79. The minimum atomic E-state index is -1.78. The van der Waals surface area contributed by atoms with E-state index in [9.17, 15) is 0 Å². The molecule has 4 nitrogen and oxygen atoms in total. The zero-order valence-corrected chi connectivity index (χ0v) is 18.4. The molecule has 2 heterocycles. The zero-order valence-electron chi connectivity index (χ0n) is 15.0. The van der Waals surface area contributed by atoms with Crippen LogP contribution in [0.3, 0.4) is 0 Å². The average Bonchev–Trinajstić information content (AvgIpc) is 2.86. The summed E-state index contributed by atoms with van der Waals surface area (Å²) in [6.45, 7) is 14.4. The number of fused-ring (bicyclic) bond motifs is 3. The second kappa shape index (κ2) is 6.27. The molecule has 0 saturated heterocycles. The molecule has 0 spiro atoms. The minimum absolute atomic E-state index is 0.0696. The van der Waals surface area contributed by atoms with Crippen LogP contribution in [-0.4, -0.2) is 32.6 Å². The van der Waals surface area contributed by atoms with Crippen molar-refractivity contribution in [3.05, 3.63) is 15.5 Å². The van der Waals surface area contributed by atoms with Crippen LogP contribution in [0.25, 0.3) is 10.2 Å². The van der Waals surface area contributed by atoms with Gasteiger partial charge in [0.15, 0.2) is 29.8 Å². The van der Waals surface area contributed by atoms with Crippen molar-refractivity contribution < 1.29 is 13.9 Å². The number of aromatic nitrogens is 1. The van der Waals surface area contributed by atoms with Crippen molar-refractivity contribution in [2.75, 3.05) is 13.2 Å². The van der Waals surface area contributed by atoms with Gasteiger partial charge in [0.1, 0.15) is 11.3 Å². The van der Waals surface area contributed by atoms with Crippen LogP contribution >= 0.6 is 27.3 Å². The Balaban J connectivity index is 1.78. The summed E-state index contributed by atoms with van der Waals surface area (Å²) in [6.07, 6.45) is -0.0696. The molecule has 3 rings (SSSR count). The van der Waals surface area contributed by atoms with E-state index in [1.54, 1.807) is 11.3 Å². The van der Waals surface area contributed by atoms with Crippen molar-refractivity contribution in [3.63, 3.8) is 0 Å². The highest BCUT2D eigenvalue weighted by atomic mass is 79.9. The molecule has 1 atom stereocenters. The zero-order chi connectivity index (χ0) is 17.7. The molecule has 0 radical (unpaired) electrons. The van der Waals surface area contributed by atoms with E-state index >= 15 is 0 Å². The van der Waals surface area contributed by atoms with E-state index in [0.29, 0.717) is 13.2 Å². The highest BCUT2D eigenvalue weighted by Crippen LogP contribution is 2.44. The van der Waals surface area contributed by atoms with Crippen molar-refractivity contribution in [1.82, 2.24) is 4.98 Å². The van der Waals surface area contributed by atoms with Crippen molar-refractivity contribution in [2.45, 2.75) is 51.9 Å². The third-order valence-corrected chi connectivity index (χ3v) is 10.9. The van der Waals surface area contributed by atoms with Gasteiger partial charge in [-0.25, -0.2) is 4.98 Å². The molecule has 0 bridgehead atoms. The Morgan fingerprint density at radius 2 is 2.12 bits per heavy atom. The molecule has 0 aliphatic carbocycles. The van der Waals surface area contributed by atoms with Crippen molar-refractivity contribution >= 4 is 45.8 Å². The van der Waals surface area contributed by atoms with Gasteiger partial charge in [0.05, 0.1) is 12.1 Å². The van der Waals surface area contributed by atoms with E-state index in [-0.39, 0.29) is 11.1 Å². The summed E-state index contributed by atoms with van der Waals surface area (Å²) in [4.78, 5) is 4.52. The molecule has 7 heteroatoms. The Kier molecular flexibility index (Phi) is 4.74. The molecular formula is C17H24BrNO3SSi. The van der Waals surface area contributed by atoms with Gasteiger partial charge in [0.25, 0.3) is 0 Å². The van der Waals surface area contributed by atoms with Gasteiger partial charge in [-0.05, 0) is 52.6 Å². The SMILES string of the molecule is Cc1cc2c(c3sc(Br)nc13)OCC(CO[Si](C)(C)C(C)(C)C)O2. The molecule has 1 aliphatic heterocycles. The van der Waals surface area contributed by atoms with Crippen LogP contribution in [-0.2, 0) is 4.43 Å². The Morgan fingerprint density at radius 1 is 1.42 bits per heavy atom. The summed E-state index contributed by atoms with van der Waals surface area (Å²) in [6, 6.07) is 2.02. The third kappa shape index (κ3) is 3.36. The van der Waals surface area contributed by atoms with E-state index in [1.807, 2.05) is 13.0 Å². The first-order valence-electron chi connectivity index (χ1n) is 8.11. The highest BCUT2D eigenvalue weighted by Gasteiger charge is 2.38. The first-order chi connectivity index (χ1) is 11.1. The Morgan fingerprint density at radius 3 is 2.79 bits per heavy atom. The van der Waals surface area contributed by atoms with Crippen LogP contribution < -0.4 is 9.47 Å². The summed E-state index contributed by atoms with van der Waals surface area (Å²) >= 11 is 5.04. The standard InChI is InChI=1S/C17H24BrNO3SSi/c1-10-7-12-14(15-13(10)19-16(18)23-15)20-8-11(22-12)9-21-24(5,6)17(2,3)4/h7,11H,8-9H2,1-6H3. The summed E-state index contributed by atoms with van der Waals surface area (Å²) in [5, 5.41) is 0.193. The number of nitrogens with zero attached hydrogens (tertiary/aromatic N) is 1. The molecule has 132 valence electrons. The van der Waals surface area contributed by atoms with Gasteiger partial charge < -0.3 is 13.9 Å². The van der Waals surface area contributed by atoms with Gasteiger partial charge in [-0.15, -0.1) is 11.3 Å². The second-order valence-corrected chi connectivity index (χ2v) is 14.9. The predicted molar refractivity (Wildman–Crippen MR) is 105 cm³/mol. The monoisotopic (exact) mass is 429 g/mol. The van der Waals surface area contributed by atoms with Gasteiger partial charge in [-0.1, -0.05) is 20.8 Å². The topological polar surface area (TPSA) is 40.6 Å².